The van der Waals surface area contributed by atoms with E-state index in [4.69, 9.17) is 4.74 Å². The number of aliphatic hydroxyl groups is 1. The first-order valence-corrected chi connectivity index (χ1v) is 8.67. The van der Waals surface area contributed by atoms with Gasteiger partial charge < -0.3 is 14.6 Å². The molecule has 0 bridgehead atoms. The molecule has 1 saturated heterocycles. The van der Waals surface area contributed by atoms with Crippen molar-refractivity contribution in [1.29, 1.82) is 0 Å². The minimum absolute atomic E-state index is 0.154. The number of hydrogen-bond acceptors (Lipinski definition) is 6. The molecular formula is C16H26O5S. The van der Waals surface area contributed by atoms with Gasteiger partial charge in [0.05, 0.1) is 13.0 Å². The molecule has 3 aliphatic rings. The van der Waals surface area contributed by atoms with Crippen LogP contribution in [0.4, 0.5) is 0 Å². The maximum atomic E-state index is 11.6. The third kappa shape index (κ3) is 3.27. The van der Waals surface area contributed by atoms with Crippen LogP contribution in [0.15, 0.2) is 0 Å². The van der Waals surface area contributed by atoms with Gasteiger partial charge in [0.2, 0.25) is 0 Å². The largest absolute Gasteiger partial charge is 0.469 e. The molecule has 0 amide bonds. The van der Waals surface area contributed by atoms with Crippen molar-refractivity contribution < 1.29 is 24.2 Å². The van der Waals surface area contributed by atoms with Crippen molar-refractivity contribution in [3.8, 4) is 0 Å². The lowest BCUT2D eigenvalue weighted by molar-refractivity contribution is -0.145. The van der Waals surface area contributed by atoms with E-state index in [-0.39, 0.29) is 24.0 Å². The normalized spacial score (nSPS) is 38.6. The van der Waals surface area contributed by atoms with Gasteiger partial charge in [0.25, 0.3) is 0 Å². The van der Waals surface area contributed by atoms with E-state index in [0.29, 0.717) is 18.3 Å². The fourth-order valence-electron chi connectivity index (χ4n) is 4.05. The van der Waals surface area contributed by atoms with Crippen molar-refractivity contribution >= 4 is 24.6 Å². The Bertz CT molecular complexity index is 427. The van der Waals surface area contributed by atoms with Gasteiger partial charge in [-0.1, -0.05) is 6.92 Å². The molecule has 2 aliphatic carbocycles. The molecular weight excluding hydrogens is 304 g/mol. The molecule has 5 atom stereocenters. The van der Waals surface area contributed by atoms with E-state index in [9.17, 15) is 14.7 Å². The monoisotopic (exact) mass is 330 g/mol. The molecule has 6 heteroatoms. The molecule has 126 valence electrons. The summed E-state index contributed by atoms with van der Waals surface area (Å²) in [5.41, 5.74) is -0.802. The maximum Gasteiger partial charge on any atom is 0.312 e. The summed E-state index contributed by atoms with van der Waals surface area (Å²) in [6, 6.07) is 0. The molecule has 0 spiro atoms. The van der Waals surface area contributed by atoms with Crippen LogP contribution in [-0.2, 0) is 19.1 Å². The number of ether oxygens (including phenoxy) is 2. The van der Waals surface area contributed by atoms with E-state index in [1.807, 2.05) is 0 Å². The highest BCUT2D eigenvalue weighted by Crippen LogP contribution is 2.55. The minimum atomic E-state index is -0.802. The van der Waals surface area contributed by atoms with Crippen LogP contribution in [0.1, 0.15) is 45.4 Å². The van der Waals surface area contributed by atoms with Gasteiger partial charge in [-0.3, -0.25) is 9.59 Å². The van der Waals surface area contributed by atoms with Gasteiger partial charge in [-0.15, -0.1) is 0 Å². The van der Waals surface area contributed by atoms with Gasteiger partial charge in [0, 0.05) is 6.42 Å². The van der Waals surface area contributed by atoms with E-state index < -0.39 is 5.60 Å². The van der Waals surface area contributed by atoms with E-state index >= 15 is 0 Å². The average Bonchev–Trinajstić information content (AvgIpc) is 2.94. The zero-order valence-corrected chi connectivity index (χ0v) is 14.2. The zero-order chi connectivity index (χ0) is 16.3. The molecule has 0 aromatic rings. The number of esters is 2. The topological polar surface area (TPSA) is 72.8 Å². The van der Waals surface area contributed by atoms with E-state index in [0.717, 1.165) is 37.9 Å². The quantitative estimate of drug-likeness (QED) is 0.611. The fourth-order valence-corrected chi connectivity index (χ4v) is 4.21. The summed E-state index contributed by atoms with van der Waals surface area (Å²) >= 11 is 3.93. The van der Waals surface area contributed by atoms with Crippen molar-refractivity contribution in [2.75, 3.05) is 12.9 Å². The van der Waals surface area contributed by atoms with Crippen LogP contribution in [-0.4, -0.2) is 41.6 Å². The average molecular weight is 330 g/mol. The van der Waals surface area contributed by atoms with E-state index in [1.165, 1.54) is 7.11 Å². The van der Waals surface area contributed by atoms with Gasteiger partial charge in [-0.25, -0.2) is 0 Å². The molecule has 5 nitrogen and oxygen atoms in total. The molecule has 3 unspecified atom stereocenters. The van der Waals surface area contributed by atoms with Crippen LogP contribution in [0, 0.1) is 17.8 Å². The smallest absolute Gasteiger partial charge is 0.312 e. The lowest BCUT2D eigenvalue weighted by Crippen LogP contribution is -2.49. The Labute approximate surface area is 137 Å². The minimum Gasteiger partial charge on any atom is -0.469 e. The van der Waals surface area contributed by atoms with Crippen molar-refractivity contribution in [3.63, 3.8) is 0 Å². The fraction of sp³-hybridized carbons (Fsp3) is 0.875. The summed E-state index contributed by atoms with van der Waals surface area (Å²) in [5.74, 6) is 1.05. The number of rotatable bonds is 3. The Hall–Kier alpha value is -0.750. The molecule has 22 heavy (non-hydrogen) atoms. The van der Waals surface area contributed by atoms with Crippen molar-refractivity contribution in [3.05, 3.63) is 0 Å². The van der Waals surface area contributed by atoms with Gasteiger partial charge in [0.1, 0.15) is 11.7 Å². The molecule has 3 rings (SSSR count). The van der Waals surface area contributed by atoms with E-state index in [1.54, 1.807) is 0 Å². The predicted octanol–water partition coefficient (Wildman–Crippen LogP) is 1.97. The van der Waals surface area contributed by atoms with Gasteiger partial charge in [-0.2, -0.15) is 12.6 Å². The number of carbonyl (C=O) groups is 2. The van der Waals surface area contributed by atoms with Crippen LogP contribution in [0.2, 0.25) is 0 Å². The van der Waals surface area contributed by atoms with Crippen molar-refractivity contribution in [1.82, 2.24) is 0 Å². The summed E-state index contributed by atoms with van der Waals surface area (Å²) in [4.78, 5) is 21.9. The molecule has 3 fully saturated rings. The molecule has 0 radical (unpaired) electrons. The predicted molar refractivity (Wildman–Crippen MR) is 84.5 cm³/mol. The van der Waals surface area contributed by atoms with E-state index in [2.05, 4.69) is 24.3 Å². The molecule has 2 saturated carbocycles. The number of carbonyl (C=O) groups excluding carboxylic acids is 2. The summed E-state index contributed by atoms with van der Waals surface area (Å²) in [7, 11) is 1.39. The maximum absolute atomic E-state index is 11.6. The van der Waals surface area contributed by atoms with Crippen LogP contribution < -0.4 is 0 Å². The summed E-state index contributed by atoms with van der Waals surface area (Å²) < 4.78 is 9.64. The van der Waals surface area contributed by atoms with Gasteiger partial charge >= 0.3 is 11.9 Å². The first-order valence-electron chi connectivity index (χ1n) is 8.04. The first-order chi connectivity index (χ1) is 10.4. The van der Waals surface area contributed by atoms with Gasteiger partial charge in [0.15, 0.2) is 0 Å². The Balaban J connectivity index is 0.000000192. The number of hydrogen-bond donors (Lipinski definition) is 2. The lowest BCUT2D eigenvalue weighted by atomic mass is 9.67. The Morgan fingerprint density at radius 3 is 2.82 bits per heavy atom. The molecule has 1 aliphatic heterocycles. The summed E-state index contributed by atoms with van der Waals surface area (Å²) in [6.45, 7) is 2.17. The number of methoxy groups -OCH3 is 1. The Morgan fingerprint density at radius 1 is 1.45 bits per heavy atom. The second-order valence-corrected chi connectivity index (χ2v) is 7.07. The third-order valence-electron chi connectivity index (χ3n) is 5.14. The van der Waals surface area contributed by atoms with Crippen molar-refractivity contribution in [2.24, 2.45) is 17.8 Å². The SMILES string of the molecule is CC1CC2CC[C@H]3OC(=O)C(C1)[C@@]23O.COC(=O)CCCS. The molecule has 1 heterocycles. The van der Waals surface area contributed by atoms with Crippen LogP contribution >= 0.6 is 12.6 Å². The number of thiol groups is 1. The van der Waals surface area contributed by atoms with Gasteiger partial charge in [-0.05, 0) is 49.7 Å². The highest BCUT2D eigenvalue weighted by molar-refractivity contribution is 7.80. The summed E-state index contributed by atoms with van der Waals surface area (Å²) in [5, 5.41) is 10.6. The molecule has 0 aromatic heterocycles. The van der Waals surface area contributed by atoms with Crippen LogP contribution in [0.5, 0.6) is 0 Å². The molecule has 1 N–H and O–H groups in total. The Morgan fingerprint density at radius 2 is 2.18 bits per heavy atom. The molecule has 0 aromatic carbocycles. The zero-order valence-electron chi connectivity index (χ0n) is 13.3. The highest BCUT2D eigenvalue weighted by Gasteiger charge is 2.65. The van der Waals surface area contributed by atoms with Crippen LogP contribution in [0.3, 0.4) is 0 Å². The third-order valence-corrected chi connectivity index (χ3v) is 5.46. The second-order valence-electron chi connectivity index (χ2n) is 6.62. The lowest BCUT2D eigenvalue weighted by Gasteiger charge is -2.39. The van der Waals surface area contributed by atoms with Crippen LogP contribution in [0.25, 0.3) is 0 Å². The Kier molecular flexibility index (Phi) is 5.77. The van der Waals surface area contributed by atoms with Crippen molar-refractivity contribution in [2.45, 2.75) is 57.2 Å². The summed E-state index contributed by atoms with van der Waals surface area (Å²) in [6.07, 6.45) is 4.83. The standard InChI is InChI=1S/C11H16O3.C5H10O2S/c1-6-4-7-2-3-9-11(7,13)8(5-6)10(12)14-9;1-7-5(6)3-2-4-8/h6-9,13H,2-5H2,1H3;8H,2-4H2,1H3/t6?,7?,8?,9-,11+;/m1./s1. The second kappa shape index (κ2) is 7.21. The highest BCUT2D eigenvalue weighted by atomic mass is 32.1. The first kappa shape index (κ1) is 17.6.